The van der Waals surface area contributed by atoms with E-state index in [1.54, 1.807) is 24.1 Å². The Kier molecular flexibility index (Phi) is 5.35. The first-order valence-corrected chi connectivity index (χ1v) is 7.01. The van der Waals surface area contributed by atoms with Crippen LogP contribution in [0, 0.1) is 11.7 Å². The number of carbonyl (C=O) groups excluding carboxylic acids is 1. The second kappa shape index (κ2) is 7.24. The minimum atomic E-state index is -0.318. The highest BCUT2D eigenvalue weighted by Crippen LogP contribution is 2.15. The minimum Gasteiger partial charge on any atom is -0.492 e. The third kappa shape index (κ3) is 4.20. The maximum atomic E-state index is 13.0. The van der Waals surface area contributed by atoms with E-state index in [2.05, 4.69) is 5.32 Å². The zero-order valence-electron chi connectivity index (χ0n) is 11.8. The predicted molar refractivity (Wildman–Crippen MR) is 75.1 cm³/mol. The van der Waals surface area contributed by atoms with Gasteiger partial charge in [0, 0.05) is 19.0 Å². The molecule has 0 unspecified atom stereocenters. The highest BCUT2D eigenvalue weighted by Gasteiger charge is 2.23. The van der Waals surface area contributed by atoms with E-state index in [0.717, 1.165) is 25.9 Å². The fourth-order valence-electron chi connectivity index (χ4n) is 2.35. The van der Waals surface area contributed by atoms with E-state index in [0.29, 0.717) is 18.9 Å². The molecule has 0 aliphatic carbocycles. The molecule has 1 fully saturated rings. The molecule has 0 aromatic heterocycles. The van der Waals surface area contributed by atoms with Crippen molar-refractivity contribution in [3.8, 4) is 5.75 Å². The fourth-order valence-corrected chi connectivity index (χ4v) is 2.35. The average molecular weight is 280 g/mol. The molecule has 20 heavy (non-hydrogen) atoms. The molecule has 0 spiro atoms. The number of hydrogen-bond acceptors (Lipinski definition) is 3. The number of rotatable bonds is 5. The van der Waals surface area contributed by atoms with Gasteiger partial charge in [-0.2, -0.15) is 0 Å². The number of amides is 1. The Bertz CT molecular complexity index is 447. The molecule has 4 nitrogen and oxygen atoms in total. The highest BCUT2D eigenvalue weighted by atomic mass is 19.1. The van der Waals surface area contributed by atoms with Crippen LogP contribution in [0.4, 0.5) is 4.39 Å². The van der Waals surface area contributed by atoms with Crippen molar-refractivity contribution in [1.82, 2.24) is 10.2 Å². The normalized spacial score (nSPS) is 15.9. The molecule has 1 N–H and O–H groups in total. The lowest BCUT2D eigenvalue weighted by molar-refractivity contribution is -0.135. The van der Waals surface area contributed by atoms with E-state index in [9.17, 15) is 9.18 Å². The molecule has 2 rings (SSSR count). The van der Waals surface area contributed by atoms with Crippen molar-refractivity contribution in [3.63, 3.8) is 0 Å². The van der Waals surface area contributed by atoms with Gasteiger partial charge >= 0.3 is 0 Å². The Labute approximate surface area is 118 Å². The molecule has 0 saturated carbocycles. The van der Waals surface area contributed by atoms with Crippen molar-refractivity contribution in [2.45, 2.75) is 12.8 Å². The van der Waals surface area contributed by atoms with Gasteiger partial charge in [-0.05, 0) is 38.1 Å². The van der Waals surface area contributed by atoms with Crippen LogP contribution in [0.1, 0.15) is 12.8 Å². The summed E-state index contributed by atoms with van der Waals surface area (Å²) in [6.07, 6.45) is 1.79. The second-order valence-electron chi connectivity index (χ2n) is 5.09. The van der Waals surface area contributed by atoms with Crippen molar-refractivity contribution in [1.29, 1.82) is 0 Å². The van der Waals surface area contributed by atoms with Crippen LogP contribution in [0.5, 0.6) is 5.75 Å². The molecule has 1 aromatic carbocycles. The first kappa shape index (κ1) is 14.8. The average Bonchev–Trinajstić information content (AvgIpc) is 2.47. The Morgan fingerprint density at radius 2 is 2.20 bits per heavy atom. The van der Waals surface area contributed by atoms with Gasteiger partial charge in [0.1, 0.15) is 18.2 Å². The van der Waals surface area contributed by atoms with Gasteiger partial charge in [0.2, 0.25) is 5.91 Å². The smallest absolute Gasteiger partial charge is 0.225 e. The lowest BCUT2D eigenvalue weighted by atomic mass is 9.97. The van der Waals surface area contributed by atoms with Crippen molar-refractivity contribution in [2.75, 3.05) is 33.3 Å². The third-order valence-electron chi connectivity index (χ3n) is 3.56. The number of benzene rings is 1. The molecule has 1 aromatic rings. The summed E-state index contributed by atoms with van der Waals surface area (Å²) in [7, 11) is 1.79. The van der Waals surface area contributed by atoms with Crippen LogP contribution in [-0.2, 0) is 4.79 Å². The van der Waals surface area contributed by atoms with Crippen LogP contribution in [0.25, 0.3) is 0 Å². The molecule has 1 amide bonds. The van der Waals surface area contributed by atoms with Crippen molar-refractivity contribution < 1.29 is 13.9 Å². The van der Waals surface area contributed by atoms with Crippen molar-refractivity contribution >= 4 is 5.91 Å². The second-order valence-corrected chi connectivity index (χ2v) is 5.09. The van der Waals surface area contributed by atoms with Gasteiger partial charge in [-0.1, -0.05) is 6.07 Å². The fraction of sp³-hybridized carbons (Fsp3) is 0.533. The molecular formula is C15H21FN2O2. The predicted octanol–water partition coefficient (Wildman–Crippen LogP) is 1.66. The van der Waals surface area contributed by atoms with Crippen LogP contribution < -0.4 is 10.1 Å². The summed E-state index contributed by atoms with van der Waals surface area (Å²) < 4.78 is 18.4. The Morgan fingerprint density at radius 3 is 2.90 bits per heavy atom. The van der Waals surface area contributed by atoms with Gasteiger partial charge in [0.15, 0.2) is 0 Å². The maximum absolute atomic E-state index is 13.0. The quantitative estimate of drug-likeness (QED) is 0.892. The van der Waals surface area contributed by atoms with E-state index >= 15 is 0 Å². The lowest BCUT2D eigenvalue weighted by Gasteiger charge is -2.26. The van der Waals surface area contributed by atoms with Crippen LogP contribution in [0.15, 0.2) is 24.3 Å². The summed E-state index contributed by atoms with van der Waals surface area (Å²) in [6, 6.07) is 6.03. The molecular weight excluding hydrogens is 259 g/mol. The molecule has 0 bridgehead atoms. The standard InChI is InChI=1S/C15H21FN2O2/c1-18(15(19)12-5-7-17-8-6-12)9-10-20-14-4-2-3-13(16)11-14/h2-4,11-12,17H,5-10H2,1H3. The van der Waals surface area contributed by atoms with E-state index in [-0.39, 0.29) is 17.6 Å². The van der Waals surface area contributed by atoms with Crippen LogP contribution >= 0.6 is 0 Å². The number of nitrogens with zero attached hydrogens (tertiary/aromatic N) is 1. The zero-order chi connectivity index (χ0) is 14.4. The summed E-state index contributed by atoms with van der Waals surface area (Å²) in [5.74, 6) is 0.471. The number of carbonyl (C=O) groups is 1. The number of piperidine rings is 1. The van der Waals surface area contributed by atoms with Crippen molar-refractivity contribution in [2.24, 2.45) is 5.92 Å². The molecule has 0 atom stereocenters. The molecule has 1 heterocycles. The topological polar surface area (TPSA) is 41.6 Å². The van der Waals surface area contributed by atoms with Crippen LogP contribution in [0.2, 0.25) is 0 Å². The minimum absolute atomic E-state index is 0.121. The Morgan fingerprint density at radius 1 is 1.45 bits per heavy atom. The molecule has 1 aliphatic heterocycles. The summed E-state index contributed by atoms with van der Waals surface area (Å²) >= 11 is 0. The van der Waals surface area contributed by atoms with Gasteiger partial charge < -0.3 is 15.0 Å². The highest BCUT2D eigenvalue weighted by molar-refractivity contribution is 5.78. The van der Waals surface area contributed by atoms with E-state index < -0.39 is 0 Å². The molecule has 5 heteroatoms. The van der Waals surface area contributed by atoms with E-state index in [4.69, 9.17) is 4.74 Å². The molecule has 0 radical (unpaired) electrons. The molecule has 110 valence electrons. The van der Waals surface area contributed by atoms with Gasteiger partial charge in [0.25, 0.3) is 0 Å². The Balaban J connectivity index is 1.74. The van der Waals surface area contributed by atoms with Gasteiger partial charge in [0.05, 0.1) is 6.54 Å². The number of ether oxygens (including phenoxy) is 1. The number of halogens is 1. The first-order valence-electron chi connectivity index (χ1n) is 7.01. The maximum Gasteiger partial charge on any atom is 0.225 e. The lowest BCUT2D eigenvalue weighted by Crippen LogP contribution is -2.40. The molecule has 1 saturated heterocycles. The molecule has 1 aliphatic rings. The SMILES string of the molecule is CN(CCOc1cccc(F)c1)C(=O)C1CCNCC1. The number of nitrogens with one attached hydrogen (secondary N) is 1. The summed E-state index contributed by atoms with van der Waals surface area (Å²) in [4.78, 5) is 13.9. The van der Waals surface area contributed by atoms with Gasteiger partial charge in [-0.25, -0.2) is 4.39 Å². The van der Waals surface area contributed by atoms with Gasteiger partial charge in [-0.15, -0.1) is 0 Å². The summed E-state index contributed by atoms with van der Waals surface area (Å²) in [6.45, 7) is 2.70. The monoisotopic (exact) mass is 280 g/mol. The largest absolute Gasteiger partial charge is 0.492 e. The van der Waals surface area contributed by atoms with Crippen LogP contribution in [0.3, 0.4) is 0 Å². The number of hydrogen-bond donors (Lipinski definition) is 1. The zero-order valence-corrected chi connectivity index (χ0v) is 11.8. The van der Waals surface area contributed by atoms with E-state index in [1.165, 1.54) is 12.1 Å². The van der Waals surface area contributed by atoms with E-state index in [1.807, 2.05) is 0 Å². The van der Waals surface area contributed by atoms with Crippen LogP contribution in [-0.4, -0.2) is 44.1 Å². The van der Waals surface area contributed by atoms with Gasteiger partial charge in [-0.3, -0.25) is 4.79 Å². The van der Waals surface area contributed by atoms with Crippen molar-refractivity contribution in [3.05, 3.63) is 30.1 Å². The summed E-state index contributed by atoms with van der Waals surface area (Å²) in [5.41, 5.74) is 0. The third-order valence-corrected chi connectivity index (χ3v) is 3.56. The Hall–Kier alpha value is -1.62. The first-order chi connectivity index (χ1) is 9.66. The summed E-state index contributed by atoms with van der Waals surface area (Å²) in [5, 5.41) is 3.25. The number of likely N-dealkylation sites (N-methyl/N-ethyl adjacent to an activating group) is 1.